The maximum absolute atomic E-state index is 12.9. The van der Waals surface area contributed by atoms with Gasteiger partial charge >= 0.3 is 0 Å². The molecule has 27 heavy (non-hydrogen) atoms. The van der Waals surface area contributed by atoms with Crippen molar-refractivity contribution in [3.8, 4) is 11.5 Å². The lowest BCUT2D eigenvalue weighted by Gasteiger charge is -2.26. The lowest BCUT2D eigenvalue weighted by atomic mass is 10.1. The minimum absolute atomic E-state index is 0.0332. The summed E-state index contributed by atoms with van der Waals surface area (Å²) in [5.74, 6) is 0.525. The highest BCUT2D eigenvalue weighted by atomic mass is 16.3. The molecule has 1 saturated heterocycles. The third-order valence-electron chi connectivity index (χ3n) is 4.77. The first-order valence-electron chi connectivity index (χ1n) is 9.23. The van der Waals surface area contributed by atoms with Gasteiger partial charge in [-0.25, -0.2) is 4.98 Å². The second-order valence-electron chi connectivity index (χ2n) is 6.66. The molecule has 0 radical (unpaired) electrons. The van der Waals surface area contributed by atoms with E-state index in [-0.39, 0.29) is 11.9 Å². The summed E-state index contributed by atoms with van der Waals surface area (Å²) in [6, 6.07) is 13.2. The fraction of sp³-hybridized carbons (Fsp3) is 0.286. The Morgan fingerprint density at radius 1 is 1.15 bits per heavy atom. The first-order valence-corrected chi connectivity index (χ1v) is 9.23. The molecule has 6 heteroatoms. The Balaban J connectivity index is 1.45. The number of oxazole rings is 1. The number of carbonyl (C=O) groups excluding carboxylic acids is 1. The summed E-state index contributed by atoms with van der Waals surface area (Å²) >= 11 is 0. The number of rotatable bonds is 6. The van der Waals surface area contributed by atoms with Gasteiger partial charge in [0.1, 0.15) is 12.3 Å². The van der Waals surface area contributed by atoms with E-state index in [2.05, 4.69) is 20.2 Å². The van der Waals surface area contributed by atoms with Crippen LogP contribution in [0.25, 0.3) is 11.5 Å². The molecule has 0 saturated carbocycles. The zero-order chi connectivity index (χ0) is 18.5. The number of pyridine rings is 1. The van der Waals surface area contributed by atoms with E-state index >= 15 is 0 Å². The number of hydrogen-bond donors (Lipinski definition) is 1. The molecule has 0 aliphatic carbocycles. The zero-order valence-electron chi connectivity index (χ0n) is 15.0. The van der Waals surface area contributed by atoms with Crippen molar-refractivity contribution in [2.75, 3.05) is 13.1 Å². The van der Waals surface area contributed by atoms with E-state index in [0.29, 0.717) is 18.1 Å². The van der Waals surface area contributed by atoms with E-state index in [4.69, 9.17) is 4.42 Å². The van der Waals surface area contributed by atoms with Crippen LogP contribution in [0.2, 0.25) is 0 Å². The fourth-order valence-corrected chi connectivity index (χ4v) is 3.44. The molecule has 1 aromatic carbocycles. The summed E-state index contributed by atoms with van der Waals surface area (Å²) < 4.78 is 5.55. The van der Waals surface area contributed by atoms with Gasteiger partial charge in [-0.1, -0.05) is 24.3 Å². The van der Waals surface area contributed by atoms with E-state index in [0.717, 1.165) is 37.1 Å². The average Bonchev–Trinajstić information content (AvgIpc) is 3.41. The molecule has 1 N–H and O–H groups in total. The Morgan fingerprint density at radius 3 is 2.70 bits per heavy atom. The monoisotopic (exact) mass is 362 g/mol. The normalized spacial score (nSPS) is 15.6. The number of nitrogens with zero attached hydrogens (tertiary/aromatic N) is 3. The van der Waals surface area contributed by atoms with Crippen molar-refractivity contribution in [3.05, 3.63) is 72.4 Å². The van der Waals surface area contributed by atoms with Gasteiger partial charge in [0.05, 0.1) is 12.2 Å². The average molecular weight is 362 g/mol. The van der Waals surface area contributed by atoms with Crippen LogP contribution in [0.1, 0.15) is 30.1 Å². The van der Waals surface area contributed by atoms with E-state index < -0.39 is 0 Å². The van der Waals surface area contributed by atoms with Gasteiger partial charge in [-0.3, -0.25) is 14.7 Å². The van der Waals surface area contributed by atoms with Crippen LogP contribution in [0.5, 0.6) is 0 Å². The summed E-state index contributed by atoms with van der Waals surface area (Å²) in [6.45, 7) is 2.18. The summed E-state index contributed by atoms with van der Waals surface area (Å²) in [5.41, 5.74) is 2.54. The number of hydrogen-bond acceptors (Lipinski definition) is 5. The predicted octanol–water partition coefficient (Wildman–Crippen LogP) is 3.19. The number of likely N-dealkylation sites (tertiary alicyclic amines) is 1. The van der Waals surface area contributed by atoms with Crippen molar-refractivity contribution < 1.29 is 9.21 Å². The van der Waals surface area contributed by atoms with Crippen molar-refractivity contribution in [2.45, 2.75) is 25.4 Å². The molecule has 2 aromatic heterocycles. The van der Waals surface area contributed by atoms with Crippen molar-refractivity contribution in [3.63, 3.8) is 0 Å². The van der Waals surface area contributed by atoms with E-state index in [9.17, 15) is 4.79 Å². The van der Waals surface area contributed by atoms with Gasteiger partial charge in [0.2, 0.25) is 11.8 Å². The summed E-state index contributed by atoms with van der Waals surface area (Å²) in [7, 11) is 0. The Morgan fingerprint density at radius 2 is 1.96 bits per heavy atom. The van der Waals surface area contributed by atoms with Crippen LogP contribution in [0.4, 0.5) is 0 Å². The van der Waals surface area contributed by atoms with Crippen LogP contribution >= 0.6 is 0 Å². The van der Waals surface area contributed by atoms with Crippen LogP contribution in [0, 0.1) is 0 Å². The molecule has 0 bridgehead atoms. The van der Waals surface area contributed by atoms with Gasteiger partial charge in [0.15, 0.2) is 0 Å². The summed E-state index contributed by atoms with van der Waals surface area (Å²) in [5, 5.41) is 3.01. The highest BCUT2D eigenvalue weighted by Gasteiger charge is 2.29. The second kappa shape index (κ2) is 8.14. The number of carbonyl (C=O) groups is 1. The molecule has 1 aliphatic rings. The minimum atomic E-state index is -0.318. The molecule has 1 amide bonds. The number of aromatic nitrogens is 2. The lowest BCUT2D eigenvalue weighted by Crippen LogP contribution is -2.39. The minimum Gasteiger partial charge on any atom is -0.444 e. The SMILES string of the molecule is O=C(NCc1coc(-c2ccccc2)n1)C(c1cccnc1)N1CCCC1. The van der Waals surface area contributed by atoms with Gasteiger partial charge in [0, 0.05) is 18.0 Å². The van der Waals surface area contributed by atoms with E-state index in [1.54, 1.807) is 18.7 Å². The molecular formula is C21H22N4O2. The largest absolute Gasteiger partial charge is 0.444 e. The van der Waals surface area contributed by atoms with Gasteiger partial charge in [-0.2, -0.15) is 0 Å². The second-order valence-corrected chi connectivity index (χ2v) is 6.66. The smallest absolute Gasteiger partial charge is 0.242 e. The number of nitrogens with one attached hydrogen (secondary N) is 1. The first-order chi connectivity index (χ1) is 13.3. The van der Waals surface area contributed by atoms with Gasteiger partial charge in [0.25, 0.3) is 0 Å². The van der Waals surface area contributed by atoms with Crippen molar-refractivity contribution in [2.24, 2.45) is 0 Å². The van der Waals surface area contributed by atoms with Crippen LogP contribution in [0.15, 0.2) is 65.5 Å². The van der Waals surface area contributed by atoms with Crippen LogP contribution in [-0.4, -0.2) is 33.9 Å². The Labute approximate surface area is 158 Å². The number of amides is 1. The Bertz CT molecular complexity index is 873. The quantitative estimate of drug-likeness (QED) is 0.729. The van der Waals surface area contributed by atoms with Gasteiger partial charge < -0.3 is 9.73 Å². The molecule has 3 heterocycles. The van der Waals surface area contributed by atoms with E-state index in [1.165, 1.54) is 0 Å². The standard InChI is InChI=1S/C21H22N4O2/c26-20(19(25-11-4-5-12-25)17-9-6-10-22-13-17)23-14-18-15-27-21(24-18)16-7-2-1-3-8-16/h1-3,6-10,13,15,19H,4-5,11-12,14H2,(H,23,26). The highest BCUT2D eigenvalue weighted by Crippen LogP contribution is 2.25. The third-order valence-corrected chi connectivity index (χ3v) is 4.77. The Kier molecular flexibility index (Phi) is 5.25. The number of benzene rings is 1. The molecule has 3 aromatic rings. The van der Waals surface area contributed by atoms with Crippen LogP contribution in [0.3, 0.4) is 0 Å². The molecule has 1 unspecified atom stereocenters. The molecule has 0 spiro atoms. The molecule has 1 aliphatic heterocycles. The maximum Gasteiger partial charge on any atom is 0.242 e. The van der Waals surface area contributed by atoms with Gasteiger partial charge in [-0.05, 0) is 49.7 Å². The molecular weight excluding hydrogens is 340 g/mol. The molecule has 138 valence electrons. The molecule has 4 rings (SSSR count). The van der Waals surface area contributed by atoms with Crippen LogP contribution in [-0.2, 0) is 11.3 Å². The van der Waals surface area contributed by atoms with Crippen molar-refractivity contribution >= 4 is 5.91 Å². The van der Waals surface area contributed by atoms with Crippen LogP contribution < -0.4 is 5.32 Å². The predicted molar refractivity (Wildman–Crippen MR) is 102 cm³/mol. The zero-order valence-corrected chi connectivity index (χ0v) is 15.0. The summed E-state index contributed by atoms with van der Waals surface area (Å²) in [4.78, 5) is 23.8. The third kappa shape index (κ3) is 4.06. The van der Waals surface area contributed by atoms with Gasteiger partial charge in [-0.15, -0.1) is 0 Å². The highest BCUT2D eigenvalue weighted by molar-refractivity contribution is 5.83. The first kappa shape index (κ1) is 17.4. The maximum atomic E-state index is 12.9. The molecule has 6 nitrogen and oxygen atoms in total. The molecule has 1 fully saturated rings. The van der Waals surface area contributed by atoms with E-state index in [1.807, 2.05) is 42.5 Å². The topological polar surface area (TPSA) is 71.3 Å². The van der Waals surface area contributed by atoms with Crippen molar-refractivity contribution in [1.82, 2.24) is 20.2 Å². The summed E-state index contributed by atoms with van der Waals surface area (Å²) in [6.07, 6.45) is 7.33. The van der Waals surface area contributed by atoms with Crippen molar-refractivity contribution in [1.29, 1.82) is 0 Å². The Hall–Kier alpha value is -2.99. The molecule has 1 atom stereocenters. The lowest BCUT2D eigenvalue weighted by molar-refractivity contribution is -0.126. The fourth-order valence-electron chi connectivity index (χ4n) is 3.44.